The molecule has 0 radical (unpaired) electrons. The molecule has 0 saturated heterocycles. The number of amides is 1. The van der Waals surface area contributed by atoms with Crippen molar-refractivity contribution in [3.05, 3.63) is 86.8 Å². The van der Waals surface area contributed by atoms with Gasteiger partial charge in [-0.2, -0.15) is 0 Å². The van der Waals surface area contributed by atoms with Gasteiger partial charge in [0.1, 0.15) is 16.4 Å². The van der Waals surface area contributed by atoms with E-state index in [0.29, 0.717) is 29.6 Å². The molecule has 0 aliphatic heterocycles. The Morgan fingerprint density at radius 2 is 1.87 bits per heavy atom. The van der Waals surface area contributed by atoms with E-state index >= 15 is 0 Å². The molecular formula is C28H27N5O3S2. The Balaban J connectivity index is 1.34. The molecule has 3 heterocycles. The maximum atomic E-state index is 13.8. The fourth-order valence-corrected chi connectivity index (χ4v) is 7.02. The topological polar surface area (TPSA) is 90.5 Å². The van der Waals surface area contributed by atoms with Gasteiger partial charge in [0.05, 0.1) is 18.2 Å². The number of ether oxygens (including phenoxy) is 1. The molecule has 5 aromatic rings. The van der Waals surface area contributed by atoms with Crippen molar-refractivity contribution in [2.24, 2.45) is 0 Å². The second-order valence-corrected chi connectivity index (χ2v) is 11.3. The molecule has 0 atom stereocenters. The zero-order valence-corrected chi connectivity index (χ0v) is 22.6. The van der Waals surface area contributed by atoms with Crippen LogP contribution in [-0.4, -0.2) is 31.5 Å². The molecule has 0 bridgehead atoms. The summed E-state index contributed by atoms with van der Waals surface area (Å²) in [4.78, 5) is 28.7. The number of rotatable bonds is 7. The van der Waals surface area contributed by atoms with Gasteiger partial charge in [-0.25, -0.2) is 0 Å². The summed E-state index contributed by atoms with van der Waals surface area (Å²) in [6.45, 7) is 0.510. The van der Waals surface area contributed by atoms with E-state index < -0.39 is 0 Å². The highest BCUT2D eigenvalue weighted by Crippen LogP contribution is 2.35. The van der Waals surface area contributed by atoms with Gasteiger partial charge in [0.25, 0.3) is 10.8 Å². The number of methoxy groups -OCH3 is 1. The highest BCUT2D eigenvalue weighted by Gasteiger charge is 2.25. The standard InChI is InChI=1S/C28H27N5O3S2/c1-36-20-13-11-19(12-14-20)29-28(35)37-17-23-30-31-27-32(16-15-18-7-3-2-4-8-18)25(34)24-21-9-5-6-10-22(21)38-26(24)33(23)27/h2-4,7-8,11-14H,5-6,9-10,15-17H2,1H3,(H,29,35). The van der Waals surface area contributed by atoms with Crippen LogP contribution in [-0.2, 0) is 31.6 Å². The first kappa shape index (κ1) is 24.7. The van der Waals surface area contributed by atoms with Crippen molar-refractivity contribution in [2.75, 3.05) is 12.4 Å². The number of carbonyl (C=O) groups excluding carboxylic acids is 1. The minimum absolute atomic E-state index is 0.00619. The number of nitrogens with zero attached hydrogens (tertiary/aromatic N) is 4. The lowest BCUT2D eigenvalue weighted by Crippen LogP contribution is -2.25. The maximum absolute atomic E-state index is 13.8. The number of hydrogen-bond acceptors (Lipinski definition) is 7. The molecule has 8 nitrogen and oxygen atoms in total. The second-order valence-electron chi connectivity index (χ2n) is 9.26. The Hall–Kier alpha value is -3.63. The summed E-state index contributed by atoms with van der Waals surface area (Å²) >= 11 is 2.80. The third-order valence-corrected chi connectivity index (χ3v) is 8.95. The van der Waals surface area contributed by atoms with E-state index in [1.165, 1.54) is 10.4 Å². The van der Waals surface area contributed by atoms with Gasteiger partial charge in [0.15, 0.2) is 0 Å². The predicted molar refractivity (Wildman–Crippen MR) is 153 cm³/mol. The molecule has 0 unspecified atom stereocenters. The van der Waals surface area contributed by atoms with E-state index in [4.69, 9.17) is 4.74 Å². The quantitative estimate of drug-likeness (QED) is 0.282. The summed E-state index contributed by atoms with van der Waals surface area (Å²) in [7, 11) is 1.61. The van der Waals surface area contributed by atoms with E-state index in [-0.39, 0.29) is 10.8 Å². The van der Waals surface area contributed by atoms with Crippen LogP contribution in [0.4, 0.5) is 10.5 Å². The van der Waals surface area contributed by atoms with E-state index in [1.54, 1.807) is 47.3 Å². The first-order valence-corrected chi connectivity index (χ1v) is 14.5. The molecule has 1 aliphatic carbocycles. The van der Waals surface area contributed by atoms with Crippen LogP contribution in [0.1, 0.15) is 34.7 Å². The fraction of sp³-hybridized carbons (Fsp3) is 0.286. The van der Waals surface area contributed by atoms with Crippen LogP contribution in [0.2, 0.25) is 0 Å². The van der Waals surface area contributed by atoms with E-state index in [1.807, 2.05) is 22.6 Å². The Morgan fingerprint density at radius 3 is 2.66 bits per heavy atom. The second kappa shape index (κ2) is 10.6. The summed E-state index contributed by atoms with van der Waals surface area (Å²) in [6, 6.07) is 17.4. The first-order chi connectivity index (χ1) is 18.6. The molecular weight excluding hydrogens is 518 g/mol. The molecule has 10 heteroatoms. The highest BCUT2D eigenvalue weighted by atomic mass is 32.2. The molecule has 0 fully saturated rings. The lowest BCUT2D eigenvalue weighted by molar-refractivity contribution is 0.269. The molecule has 0 saturated carbocycles. The number of aryl methyl sites for hydroxylation is 4. The number of anilines is 1. The Kier molecular flexibility index (Phi) is 6.90. The number of nitrogens with one attached hydrogen (secondary N) is 1. The van der Waals surface area contributed by atoms with Gasteiger partial charge in [0.2, 0.25) is 5.78 Å². The Labute approximate surface area is 227 Å². The number of thioether (sulfide) groups is 1. The monoisotopic (exact) mass is 545 g/mol. The van der Waals surface area contributed by atoms with Crippen LogP contribution >= 0.6 is 23.1 Å². The summed E-state index contributed by atoms with van der Waals surface area (Å²) in [5.41, 5.74) is 3.04. The van der Waals surface area contributed by atoms with Gasteiger partial charge < -0.3 is 10.1 Å². The normalized spacial score (nSPS) is 13.1. The number of thiophene rings is 1. The van der Waals surface area contributed by atoms with E-state index in [2.05, 4.69) is 27.6 Å². The number of fused-ring (bicyclic) bond motifs is 5. The summed E-state index contributed by atoms with van der Waals surface area (Å²) in [5, 5.41) is 12.4. The van der Waals surface area contributed by atoms with Crippen molar-refractivity contribution < 1.29 is 9.53 Å². The number of benzene rings is 2. The molecule has 2 aromatic carbocycles. The van der Waals surface area contributed by atoms with Crippen molar-refractivity contribution in [2.45, 2.75) is 44.4 Å². The minimum Gasteiger partial charge on any atom is -0.497 e. The lowest BCUT2D eigenvalue weighted by atomic mass is 9.97. The molecule has 6 rings (SSSR count). The van der Waals surface area contributed by atoms with Crippen LogP contribution in [0.5, 0.6) is 5.75 Å². The van der Waals surface area contributed by atoms with Gasteiger partial charge >= 0.3 is 0 Å². The highest BCUT2D eigenvalue weighted by molar-refractivity contribution is 8.13. The molecule has 1 aliphatic rings. The van der Waals surface area contributed by atoms with Crippen LogP contribution in [0, 0.1) is 0 Å². The fourth-order valence-electron chi connectivity index (χ4n) is 4.98. The predicted octanol–water partition coefficient (Wildman–Crippen LogP) is 5.70. The van der Waals surface area contributed by atoms with Crippen molar-refractivity contribution in [3.63, 3.8) is 0 Å². The van der Waals surface area contributed by atoms with E-state index in [0.717, 1.165) is 65.4 Å². The average Bonchev–Trinajstić information content (AvgIpc) is 3.55. The zero-order chi connectivity index (χ0) is 26.1. The molecule has 194 valence electrons. The summed E-state index contributed by atoms with van der Waals surface area (Å²) in [6.07, 6.45) is 4.87. The SMILES string of the molecule is COc1ccc(NC(=O)SCc2nnc3n(CCc4ccccc4)c(=O)c4c5c(sc4n23)CCCC5)cc1. The van der Waals surface area contributed by atoms with Crippen molar-refractivity contribution >= 4 is 50.0 Å². The van der Waals surface area contributed by atoms with Crippen molar-refractivity contribution in [1.82, 2.24) is 19.2 Å². The molecule has 1 N–H and O–H groups in total. The number of aromatic nitrogens is 4. The van der Waals surface area contributed by atoms with Crippen LogP contribution in [0.3, 0.4) is 0 Å². The molecule has 0 spiro atoms. The zero-order valence-electron chi connectivity index (χ0n) is 21.0. The maximum Gasteiger partial charge on any atom is 0.283 e. The molecule has 38 heavy (non-hydrogen) atoms. The lowest BCUT2D eigenvalue weighted by Gasteiger charge is -2.12. The largest absolute Gasteiger partial charge is 0.497 e. The first-order valence-electron chi connectivity index (χ1n) is 12.6. The summed E-state index contributed by atoms with van der Waals surface area (Å²) in [5.74, 6) is 2.25. The van der Waals surface area contributed by atoms with Crippen molar-refractivity contribution in [3.8, 4) is 5.75 Å². The van der Waals surface area contributed by atoms with E-state index in [9.17, 15) is 9.59 Å². The van der Waals surface area contributed by atoms with Crippen molar-refractivity contribution in [1.29, 1.82) is 0 Å². The van der Waals surface area contributed by atoms with Crippen LogP contribution in [0.25, 0.3) is 16.0 Å². The number of hydrogen-bond donors (Lipinski definition) is 1. The van der Waals surface area contributed by atoms with Gasteiger partial charge in [0, 0.05) is 17.1 Å². The van der Waals surface area contributed by atoms with Crippen LogP contribution in [0.15, 0.2) is 59.4 Å². The number of carbonyl (C=O) groups is 1. The molecule has 1 amide bonds. The smallest absolute Gasteiger partial charge is 0.283 e. The third-order valence-electron chi connectivity index (χ3n) is 6.90. The van der Waals surface area contributed by atoms with Crippen LogP contribution < -0.4 is 15.6 Å². The van der Waals surface area contributed by atoms with Gasteiger partial charge in [-0.05, 0) is 67.5 Å². The average molecular weight is 546 g/mol. The molecule has 3 aromatic heterocycles. The van der Waals surface area contributed by atoms with Gasteiger partial charge in [-0.1, -0.05) is 42.1 Å². The minimum atomic E-state index is -0.189. The van der Waals surface area contributed by atoms with Gasteiger partial charge in [-0.3, -0.25) is 18.6 Å². The summed E-state index contributed by atoms with van der Waals surface area (Å²) < 4.78 is 8.94. The third kappa shape index (κ3) is 4.69. The Bertz CT molecular complexity index is 1670. The van der Waals surface area contributed by atoms with Gasteiger partial charge in [-0.15, -0.1) is 21.5 Å². The Morgan fingerprint density at radius 1 is 1.08 bits per heavy atom.